The molecule has 1 atom stereocenters. The zero-order valence-electron chi connectivity index (χ0n) is 6.43. The van der Waals surface area contributed by atoms with Crippen LogP contribution >= 0.6 is 0 Å². The number of carbonyl (C=O) groups excluding carboxylic acids is 1. The van der Waals surface area contributed by atoms with Gasteiger partial charge in [0.25, 0.3) is 0 Å². The Balaban J connectivity index is 2.59. The number of rotatable bonds is 2. The highest BCUT2D eigenvalue weighted by molar-refractivity contribution is 5.77. The van der Waals surface area contributed by atoms with Crippen molar-refractivity contribution in [2.45, 2.75) is 6.10 Å². The molecule has 0 saturated carbocycles. The van der Waals surface area contributed by atoms with Crippen LogP contribution in [0.2, 0.25) is 0 Å². The Morgan fingerprint density at radius 2 is 2.00 bits per heavy atom. The highest BCUT2D eigenvalue weighted by atomic mass is 16.5. The fourth-order valence-corrected chi connectivity index (χ4v) is 0.673. The van der Waals surface area contributed by atoms with Crippen molar-refractivity contribution in [1.29, 1.82) is 0 Å². The number of para-hydroxylation sites is 1. The maximum absolute atomic E-state index is 10.8. The third-order valence-corrected chi connectivity index (χ3v) is 1.23. The standard InChI is InChI=1S/C9H9O3/c1-7(10)9(11)12-8-5-3-2-4-6-8/h2-7,10H,1H2. The van der Waals surface area contributed by atoms with Crippen LogP contribution in [0.3, 0.4) is 0 Å². The molecule has 0 aliphatic rings. The van der Waals surface area contributed by atoms with Gasteiger partial charge in [-0.15, -0.1) is 0 Å². The smallest absolute Gasteiger partial charge is 0.340 e. The normalized spacial score (nSPS) is 12.2. The predicted octanol–water partition coefficient (Wildman–Crippen LogP) is 0.787. The molecule has 12 heavy (non-hydrogen) atoms. The first-order valence-corrected chi connectivity index (χ1v) is 3.48. The molecular weight excluding hydrogens is 156 g/mol. The summed E-state index contributed by atoms with van der Waals surface area (Å²) in [5.74, 6) is -0.341. The van der Waals surface area contributed by atoms with E-state index in [1.54, 1.807) is 30.3 Å². The summed E-state index contributed by atoms with van der Waals surface area (Å²) in [6.07, 6.45) is -1.33. The molecule has 0 saturated heterocycles. The van der Waals surface area contributed by atoms with Crippen molar-refractivity contribution >= 4 is 5.97 Å². The third kappa shape index (κ3) is 2.36. The van der Waals surface area contributed by atoms with E-state index in [9.17, 15) is 4.79 Å². The Labute approximate surface area is 70.6 Å². The average molecular weight is 165 g/mol. The van der Waals surface area contributed by atoms with Gasteiger partial charge in [-0.25, -0.2) is 4.79 Å². The lowest BCUT2D eigenvalue weighted by molar-refractivity contribution is -0.141. The Bertz CT molecular complexity index is 254. The average Bonchev–Trinajstić information content (AvgIpc) is 2.06. The van der Waals surface area contributed by atoms with Gasteiger partial charge in [0.1, 0.15) is 5.75 Å². The molecule has 1 rings (SSSR count). The van der Waals surface area contributed by atoms with Crippen LogP contribution in [-0.4, -0.2) is 17.2 Å². The molecule has 3 heteroatoms. The van der Waals surface area contributed by atoms with Gasteiger partial charge in [-0.05, 0) is 19.1 Å². The van der Waals surface area contributed by atoms with Crippen LogP contribution < -0.4 is 4.74 Å². The number of aliphatic hydroxyl groups excluding tert-OH is 1. The largest absolute Gasteiger partial charge is 0.425 e. The fraction of sp³-hybridized carbons (Fsp3) is 0.111. The van der Waals surface area contributed by atoms with E-state index >= 15 is 0 Å². The Morgan fingerprint density at radius 3 is 2.50 bits per heavy atom. The first-order chi connectivity index (χ1) is 5.70. The maximum atomic E-state index is 10.8. The van der Waals surface area contributed by atoms with E-state index in [1.165, 1.54) is 0 Å². The number of aliphatic hydroxyl groups is 1. The van der Waals surface area contributed by atoms with Gasteiger partial charge in [0.2, 0.25) is 0 Å². The summed E-state index contributed by atoms with van der Waals surface area (Å²) in [5, 5.41) is 8.70. The van der Waals surface area contributed by atoms with E-state index < -0.39 is 12.1 Å². The number of benzene rings is 1. The molecule has 1 aromatic rings. The van der Waals surface area contributed by atoms with Gasteiger partial charge in [-0.2, -0.15) is 0 Å². The number of carbonyl (C=O) groups is 1. The van der Waals surface area contributed by atoms with Crippen molar-refractivity contribution in [3.05, 3.63) is 37.3 Å². The van der Waals surface area contributed by atoms with Gasteiger partial charge in [0.15, 0.2) is 6.10 Å². The minimum Gasteiger partial charge on any atom is -0.425 e. The van der Waals surface area contributed by atoms with E-state index in [2.05, 4.69) is 6.92 Å². The van der Waals surface area contributed by atoms with Crippen LogP contribution in [-0.2, 0) is 4.79 Å². The van der Waals surface area contributed by atoms with Crippen LogP contribution in [0, 0.1) is 6.92 Å². The first kappa shape index (κ1) is 8.74. The highest BCUT2D eigenvalue weighted by Crippen LogP contribution is 2.08. The van der Waals surface area contributed by atoms with Crippen LogP contribution in [0.5, 0.6) is 5.75 Å². The number of hydrogen-bond donors (Lipinski definition) is 1. The topological polar surface area (TPSA) is 46.5 Å². The van der Waals surface area contributed by atoms with Gasteiger partial charge >= 0.3 is 5.97 Å². The van der Waals surface area contributed by atoms with E-state index in [0.717, 1.165) is 0 Å². The molecule has 0 aliphatic carbocycles. The van der Waals surface area contributed by atoms with Gasteiger partial charge in [-0.1, -0.05) is 18.2 Å². The maximum Gasteiger partial charge on any atom is 0.340 e. The molecule has 1 radical (unpaired) electrons. The number of hydrogen-bond acceptors (Lipinski definition) is 3. The molecule has 1 N–H and O–H groups in total. The third-order valence-electron chi connectivity index (χ3n) is 1.23. The predicted molar refractivity (Wildman–Crippen MR) is 43.4 cm³/mol. The molecule has 0 spiro atoms. The van der Waals surface area contributed by atoms with Crippen molar-refractivity contribution in [2.24, 2.45) is 0 Å². The molecule has 0 heterocycles. The number of esters is 1. The summed E-state index contributed by atoms with van der Waals surface area (Å²) < 4.78 is 4.72. The lowest BCUT2D eigenvalue weighted by atomic mass is 10.3. The first-order valence-electron chi connectivity index (χ1n) is 3.48. The molecule has 0 bridgehead atoms. The monoisotopic (exact) mass is 165 g/mol. The molecule has 0 fully saturated rings. The lowest BCUT2D eigenvalue weighted by Gasteiger charge is -2.04. The lowest BCUT2D eigenvalue weighted by Crippen LogP contribution is -2.22. The zero-order valence-corrected chi connectivity index (χ0v) is 6.43. The second-order valence-corrected chi connectivity index (χ2v) is 2.25. The van der Waals surface area contributed by atoms with Gasteiger partial charge < -0.3 is 9.84 Å². The zero-order chi connectivity index (χ0) is 8.97. The summed E-state index contributed by atoms with van der Waals surface area (Å²) in [5.41, 5.74) is 0. The molecule has 0 aromatic heterocycles. The number of ether oxygens (including phenoxy) is 1. The molecule has 3 nitrogen and oxygen atoms in total. The summed E-state index contributed by atoms with van der Waals surface area (Å²) >= 11 is 0. The van der Waals surface area contributed by atoms with Crippen molar-refractivity contribution in [3.8, 4) is 5.75 Å². The van der Waals surface area contributed by atoms with Crippen LogP contribution in [0.25, 0.3) is 0 Å². The summed E-state index contributed by atoms with van der Waals surface area (Å²) in [6.45, 7) is 3.12. The molecular formula is C9H9O3. The second kappa shape index (κ2) is 3.88. The molecule has 0 aliphatic heterocycles. The van der Waals surface area contributed by atoms with Gasteiger partial charge in [-0.3, -0.25) is 0 Å². The van der Waals surface area contributed by atoms with Crippen LogP contribution in [0.4, 0.5) is 0 Å². The Morgan fingerprint density at radius 1 is 1.42 bits per heavy atom. The Kier molecular flexibility index (Phi) is 2.82. The van der Waals surface area contributed by atoms with E-state index in [0.29, 0.717) is 5.75 Å². The molecule has 0 amide bonds. The van der Waals surface area contributed by atoms with Crippen molar-refractivity contribution < 1.29 is 14.6 Å². The summed E-state index contributed by atoms with van der Waals surface area (Å²) in [4.78, 5) is 10.8. The van der Waals surface area contributed by atoms with Crippen LogP contribution in [0.15, 0.2) is 30.3 Å². The second-order valence-electron chi connectivity index (χ2n) is 2.25. The Hall–Kier alpha value is -1.35. The summed E-state index contributed by atoms with van der Waals surface area (Å²) in [6, 6.07) is 8.52. The fourth-order valence-electron chi connectivity index (χ4n) is 0.673. The van der Waals surface area contributed by atoms with Crippen molar-refractivity contribution in [1.82, 2.24) is 0 Å². The SMILES string of the molecule is [CH2]C(O)C(=O)Oc1ccccc1. The van der Waals surface area contributed by atoms with Gasteiger partial charge in [0.05, 0.1) is 0 Å². The van der Waals surface area contributed by atoms with Crippen molar-refractivity contribution in [3.63, 3.8) is 0 Å². The molecule has 1 aromatic carbocycles. The van der Waals surface area contributed by atoms with Crippen molar-refractivity contribution in [2.75, 3.05) is 0 Å². The van der Waals surface area contributed by atoms with E-state index in [-0.39, 0.29) is 0 Å². The molecule has 1 unspecified atom stereocenters. The summed E-state index contributed by atoms with van der Waals surface area (Å²) in [7, 11) is 0. The quantitative estimate of drug-likeness (QED) is 0.520. The van der Waals surface area contributed by atoms with E-state index in [1.807, 2.05) is 0 Å². The minimum atomic E-state index is -1.33. The van der Waals surface area contributed by atoms with E-state index in [4.69, 9.17) is 9.84 Å². The minimum absolute atomic E-state index is 0.408. The van der Waals surface area contributed by atoms with Gasteiger partial charge in [0, 0.05) is 0 Å². The highest BCUT2D eigenvalue weighted by Gasteiger charge is 2.10. The van der Waals surface area contributed by atoms with Crippen LogP contribution in [0.1, 0.15) is 0 Å². The molecule has 63 valence electrons.